The highest BCUT2D eigenvalue weighted by Crippen LogP contribution is 2.67. The number of nitrogens with zero attached hydrogens (tertiary/aromatic N) is 3. The summed E-state index contributed by atoms with van der Waals surface area (Å²) in [6, 6.07) is 20.9. The van der Waals surface area contributed by atoms with Gasteiger partial charge in [-0.2, -0.15) is 13.2 Å². The minimum atomic E-state index is -4.48. The van der Waals surface area contributed by atoms with Crippen LogP contribution in [0.25, 0.3) is 10.9 Å². The van der Waals surface area contributed by atoms with Crippen molar-refractivity contribution < 1.29 is 27.5 Å². The Morgan fingerprint density at radius 2 is 1.60 bits per heavy atom. The summed E-state index contributed by atoms with van der Waals surface area (Å²) in [5.74, 6) is -0.292. The number of hydrogen-bond donors (Lipinski definition) is 2. The number of alkyl halides is 3. The SMILES string of the molecule is Cc1[nH]c2ccccc2c1[C@H]1[C@H](CC(=O)N(Cc2ccc(C(F)(F)F)cc2)C2(C(=O)Nc3ccc(N4CCOCC4)cc3)CCN(C)CC2)C1(C)C. The first-order valence-corrected chi connectivity index (χ1v) is 18.2. The van der Waals surface area contributed by atoms with Crippen LogP contribution < -0.4 is 10.2 Å². The molecule has 1 aliphatic carbocycles. The number of ether oxygens (including phenoxy) is 1. The third-order valence-corrected chi connectivity index (χ3v) is 11.9. The lowest BCUT2D eigenvalue weighted by Crippen LogP contribution is -2.62. The Morgan fingerprint density at radius 3 is 2.25 bits per heavy atom. The summed E-state index contributed by atoms with van der Waals surface area (Å²) in [4.78, 5) is 39.1. The molecule has 0 radical (unpaired) electrons. The molecule has 0 unspecified atom stereocenters. The van der Waals surface area contributed by atoms with Crippen molar-refractivity contribution in [2.45, 2.75) is 64.2 Å². The first-order valence-electron chi connectivity index (χ1n) is 18.2. The maximum atomic E-state index is 14.9. The van der Waals surface area contributed by atoms with Crippen molar-refractivity contribution in [3.05, 3.63) is 95.2 Å². The minimum absolute atomic E-state index is 0.0205. The monoisotopic (exact) mass is 715 g/mol. The fraction of sp³-hybridized carbons (Fsp3) is 0.463. The summed E-state index contributed by atoms with van der Waals surface area (Å²) in [5, 5.41) is 4.30. The van der Waals surface area contributed by atoms with Crippen LogP contribution in [0.1, 0.15) is 61.4 Å². The Morgan fingerprint density at radius 1 is 0.942 bits per heavy atom. The van der Waals surface area contributed by atoms with Crippen LogP contribution in [0.2, 0.25) is 0 Å². The largest absolute Gasteiger partial charge is 0.416 e. The number of H-pyrrole nitrogens is 1. The molecular weight excluding hydrogens is 667 g/mol. The quantitative estimate of drug-likeness (QED) is 0.187. The molecule has 3 heterocycles. The van der Waals surface area contributed by atoms with Gasteiger partial charge in [0.1, 0.15) is 5.54 Å². The molecule has 3 fully saturated rings. The number of aryl methyl sites for hydroxylation is 1. The molecule has 52 heavy (non-hydrogen) atoms. The van der Waals surface area contributed by atoms with Crippen molar-refractivity contribution in [2.75, 3.05) is 56.7 Å². The smallest absolute Gasteiger partial charge is 0.378 e. The van der Waals surface area contributed by atoms with Crippen LogP contribution in [0.15, 0.2) is 72.8 Å². The average Bonchev–Trinajstić information content (AvgIpc) is 3.47. The topological polar surface area (TPSA) is 80.9 Å². The van der Waals surface area contributed by atoms with Crippen molar-refractivity contribution in [2.24, 2.45) is 11.3 Å². The van der Waals surface area contributed by atoms with Gasteiger partial charge in [0.05, 0.1) is 18.8 Å². The van der Waals surface area contributed by atoms with E-state index in [4.69, 9.17) is 4.74 Å². The number of piperidine rings is 1. The Kier molecular flexibility index (Phi) is 9.63. The van der Waals surface area contributed by atoms with E-state index in [9.17, 15) is 22.8 Å². The van der Waals surface area contributed by atoms with Gasteiger partial charge in [0.2, 0.25) is 11.8 Å². The Bertz CT molecular complexity index is 1910. The number of likely N-dealkylation sites (tertiary alicyclic amines) is 1. The number of nitrogens with one attached hydrogen (secondary N) is 2. The molecule has 3 aromatic carbocycles. The van der Waals surface area contributed by atoms with E-state index < -0.39 is 17.3 Å². The normalized spacial score (nSPS) is 21.6. The van der Waals surface area contributed by atoms with Gasteiger partial charge in [-0.1, -0.05) is 44.2 Å². The van der Waals surface area contributed by atoms with E-state index in [1.807, 2.05) is 43.4 Å². The zero-order valence-electron chi connectivity index (χ0n) is 30.4. The van der Waals surface area contributed by atoms with Gasteiger partial charge >= 0.3 is 6.18 Å². The van der Waals surface area contributed by atoms with Crippen molar-refractivity contribution >= 4 is 34.1 Å². The van der Waals surface area contributed by atoms with Gasteiger partial charge in [0.25, 0.3) is 0 Å². The molecule has 3 aliphatic rings. The molecule has 2 aliphatic heterocycles. The summed E-state index contributed by atoms with van der Waals surface area (Å²) in [6.45, 7) is 10.6. The van der Waals surface area contributed by atoms with E-state index in [-0.39, 0.29) is 42.0 Å². The number of anilines is 2. The van der Waals surface area contributed by atoms with Gasteiger partial charge in [-0.15, -0.1) is 0 Å². The van der Waals surface area contributed by atoms with Crippen molar-refractivity contribution in [1.29, 1.82) is 0 Å². The van der Waals surface area contributed by atoms with Gasteiger partial charge in [-0.3, -0.25) is 9.59 Å². The van der Waals surface area contributed by atoms with Crippen LogP contribution in [-0.4, -0.2) is 78.6 Å². The number of aromatic amines is 1. The average molecular weight is 716 g/mol. The van der Waals surface area contributed by atoms with E-state index in [1.165, 1.54) is 17.7 Å². The summed E-state index contributed by atoms with van der Waals surface area (Å²) < 4.78 is 46.0. The summed E-state index contributed by atoms with van der Waals surface area (Å²) in [5.41, 5.74) is 3.45. The number of rotatable bonds is 9. The predicted molar refractivity (Wildman–Crippen MR) is 197 cm³/mol. The molecule has 276 valence electrons. The molecule has 0 spiro atoms. The molecule has 7 rings (SSSR count). The number of aromatic nitrogens is 1. The number of hydrogen-bond acceptors (Lipinski definition) is 5. The molecule has 4 aromatic rings. The highest BCUT2D eigenvalue weighted by Gasteiger charge is 2.60. The van der Waals surface area contributed by atoms with Crippen LogP contribution in [0.3, 0.4) is 0 Å². The third kappa shape index (κ3) is 6.92. The van der Waals surface area contributed by atoms with Gasteiger partial charge in [-0.05, 0) is 97.7 Å². The number of carbonyl (C=O) groups is 2. The molecule has 2 saturated heterocycles. The Labute approximate surface area is 303 Å². The maximum Gasteiger partial charge on any atom is 0.416 e. The van der Waals surface area contributed by atoms with E-state index in [0.717, 1.165) is 47.5 Å². The van der Waals surface area contributed by atoms with Crippen LogP contribution in [0.4, 0.5) is 24.5 Å². The molecule has 2 atom stereocenters. The lowest BCUT2D eigenvalue weighted by atomic mass is 9.83. The number of halogens is 3. The molecule has 1 saturated carbocycles. The Balaban J connectivity index is 1.20. The zero-order chi connectivity index (χ0) is 36.8. The van der Waals surface area contributed by atoms with Gasteiger partial charge in [0.15, 0.2) is 0 Å². The number of morpholine rings is 1. The molecule has 2 N–H and O–H groups in total. The number of carbonyl (C=O) groups excluding carboxylic acids is 2. The molecular formula is C41H48F3N5O3. The van der Waals surface area contributed by atoms with Crippen molar-refractivity contribution in [3.63, 3.8) is 0 Å². The highest BCUT2D eigenvalue weighted by molar-refractivity contribution is 6.01. The molecule has 0 bridgehead atoms. The Hall–Kier alpha value is -4.35. The lowest BCUT2D eigenvalue weighted by Gasteiger charge is -2.47. The number of para-hydroxylation sites is 1. The standard InChI is InChI=1S/C41H48F3N5O3/c1-27-36(32-7-5-6-8-34(32)45-27)37-33(39(37,2)3)25-35(50)49(26-28-9-11-29(12-10-28)41(42,43)44)40(17-19-47(4)20-18-40)38(51)46-30-13-15-31(16-14-30)48-21-23-52-24-22-48/h5-16,33,37,45H,17-26H2,1-4H3,(H,46,51)/t33-,37+/m0/s1. The third-order valence-electron chi connectivity index (χ3n) is 11.9. The van der Waals surface area contributed by atoms with Gasteiger partial charge in [-0.25, -0.2) is 0 Å². The number of amides is 2. The fourth-order valence-corrected chi connectivity index (χ4v) is 8.59. The van der Waals surface area contributed by atoms with Crippen molar-refractivity contribution in [1.82, 2.24) is 14.8 Å². The lowest BCUT2D eigenvalue weighted by molar-refractivity contribution is -0.150. The molecule has 1 aromatic heterocycles. The first-order chi connectivity index (χ1) is 24.8. The minimum Gasteiger partial charge on any atom is -0.378 e. The van der Waals surface area contributed by atoms with Gasteiger partial charge < -0.3 is 29.7 Å². The predicted octanol–water partition coefficient (Wildman–Crippen LogP) is 7.59. The second-order valence-electron chi connectivity index (χ2n) is 15.4. The maximum absolute atomic E-state index is 14.9. The number of benzene rings is 3. The fourth-order valence-electron chi connectivity index (χ4n) is 8.59. The van der Waals surface area contributed by atoms with Crippen LogP contribution in [0, 0.1) is 18.3 Å². The second kappa shape index (κ2) is 13.9. The first kappa shape index (κ1) is 36.0. The van der Waals surface area contributed by atoms with E-state index in [0.29, 0.717) is 50.4 Å². The summed E-state index contributed by atoms with van der Waals surface area (Å²) in [6.07, 6.45) is -3.47. The van der Waals surface area contributed by atoms with E-state index in [1.54, 1.807) is 4.90 Å². The van der Waals surface area contributed by atoms with Crippen LogP contribution in [-0.2, 0) is 27.0 Å². The van der Waals surface area contributed by atoms with Gasteiger partial charge in [0, 0.05) is 67.1 Å². The molecule has 11 heteroatoms. The van der Waals surface area contributed by atoms with Crippen LogP contribution >= 0.6 is 0 Å². The number of fused-ring (bicyclic) bond motifs is 1. The summed E-state index contributed by atoms with van der Waals surface area (Å²) in [7, 11) is 2.00. The molecule has 8 nitrogen and oxygen atoms in total. The van der Waals surface area contributed by atoms with E-state index in [2.05, 4.69) is 53.0 Å². The van der Waals surface area contributed by atoms with Crippen molar-refractivity contribution in [3.8, 4) is 0 Å². The zero-order valence-corrected chi connectivity index (χ0v) is 30.4. The van der Waals surface area contributed by atoms with Crippen LogP contribution in [0.5, 0.6) is 0 Å². The summed E-state index contributed by atoms with van der Waals surface area (Å²) >= 11 is 0. The van der Waals surface area contributed by atoms with E-state index >= 15 is 0 Å². The second-order valence-corrected chi connectivity index (χ2v) is 15.4. The highest BCUT2D eigenvalue weighted by atomic mass is 19.4. The molecule has 2 amide bonds.